The van der Waals surface area contributed by atoms with E-state index in [9.17, 15) is 13.2 Å². The Kier molecular flexibility index (Phi) is 6.35. The number of aromatic amines is 1. The van der Waals surface area contributed by atoms with Crippen LogP contribution in [0.4, 0.5) is 0 Å². The zero-order valence-electron chi connectivity index (χ0n) is 14.2. The first-order chi connectivity index (χ1) is 11.9. The molecule has 2 aromatic rings. The summed E-state index contributed by atoms with van der Waals surface area (Å²) in [6.45, 7) is 2.61. The van der Waals surface area contributed by atoms with Crippen molar-refractivity contribution in [1.82, 2.24) is 15.5 Å². The molecular weight excluding hydrogens is 342 g/mol. The molecule has 0 aliphatic rings. The van der Waals surface area contributed by atoms with Crippen LogP contribution in [0.2, 0.25) is 0 Å². The maximum Gasteiger partial charge on any atom is 0.272 e. The van der Waals surface area contributed by atoms with E-state index < -0.39 is 9.84 Å². The van der Waals surface area contributed by atoms with Gasteiger partial charge >= 0.3 is 0 Å². The lowest BCUT2D eigenvalue weighted by molar-refractivity contribution is 0.0953. The van der Waals surface area contributed by atoms with E-state index in [0.29, 0.717) is 13.0 Å². The quantitative estimate of drug-likeness (QED) is 0.743. The lowest BCUT2D eigenvalue weighted by atomic mass is 10.1. The van der Waals surface area contributed by atoms with Crippen molar-refractivity contribution >= 4 is 15.7 Å². The molecule has 0 bridgehead atoms. The molecule has 0 fully saturated rings. The fourth-order valence-corrected chi connectivity index (χ4v) is 2.63. The van der Waals surface area contributed by atoms with E-state index in [1.165, 1.54) is 6.08 Å². The predicted molar refractivity (Wildman–Crippen MR) is 95.3 cm³/mol. The normalized spacial score (nSPS) is 11.6. The number of ether oxygens (including phenoxy) is 1. The third-order valence-electron chi connectivity index (χ3n) is 3.24. The number of rotatable bonds is 8. The van der Waals surface area contributed by atoms with Crippen LogP contribution in [-0.2, 0) is 16.3 Å². The largest absolute Gasteiger partial charge is 0.494 e. The van der Waals surface area contributed by atoms with Crippen LogP contribution in [0.15, 0.2) is 41.8 Å². The third-order valence-corrected chi connectivity index (χ3v) is 3.93. The molecule has 2 N–H and O–H groups in total. The van der Waals surface area contributed by atoms with Crippen LogP contribution in [0, 0.1) is 0 Å². The van der Waals surface area contributed by atoms with Crippen molar-refractivity contribution in [2.24, 2.45) is 0 Å². The summed E-state index contributed by atoms with van der Waals surface area (Å²) in [7, 11) is -3.19. The minimum atomic E-state index is -3.19. The van der Waals surface area contributed by atoms with Crippen molar-refractivity contribution in [2.75, 3.05) is 19.4 Å². The maximum absolute atomic E-state index is 12.0. The lowest BCUT2D eigenvalue weighted by Gasteiger charge is -2.08. The van der Waals surface area contributed by atoms with Crippen LogP contribution < -0.4 is 10.1 Å². The number of sulfone groups is 1. The van der Waals surface area contributed by atoms with E-state index in [0.717, 1.165) is 28.7 Å². The average Bonchev–Trinajstić information content (AvgIpc) is 3.01. The van der Waals surface area contributed by atoms with Gasteiger partial charge < -0.3 is 10.1 Å². The van der Waals surface area contributed by atoms with Crippen molar-refractivity contribution < 1.29 is 17.9 Å². The molecule has 0 saturated carbocycles. The van der Waals surface area contributed by atoms with Crippen LogP contribution in [0.1, 0.15) is 28.7 Å². The Labute approximate surface area is 147 Å². The first-order valence-electron chi connectivity index (χ1n) is 7.79. The van der Waals surface area contributed by atoms with Crippen molar-refractivity contribution in [2.45, 2.75) is 13.3 Å². The average molecular weight is 363 g/mol. The zero-order valence-corrected chi connectivity index (χ0v) is 15.0. The number of nitrogens with zero attached hydrogens (tertiary/aromatic N) is 1. The molecule has 0 saturated heterocycles. The smallest absolute Gasteiger partial charge is 0.272 e. The first-order valence-corrected chi connectivity index (χ1v) is 9.74. The van der Waals surface area contributed by atoms with Gasteiger partial charge in [0.1, 0.15) is 11.4 Å². The minimum absolute atomic E-state index is 0.112. The summed E-state index contributed by atoms with van der Waals surface area (Å²) in [4.78, 5) is 12.0. The van der Waals surface area contributed by atoms with Crippen molar-refractivity contribution in [3.05, 3.63) is 58.8 Å². The SMILES string of the molecule is CCOc1ccccc1Cc1cc(C(=O)NC/C=C/S(C)(=O)=O)n[nH]1. The lowest BCUT2D eigenvalue weighted by Crippen LogP contribution is -2.23. The topological polar surface area (TPSA) is 101 Å². The van der Waals surface area contributed by atoms with Gasteiger partial charge in [-0.2, -0.15) is 5.10 Å². The number of nitrogens with one attached hydrogen (secondary N) is 2. The van der Waals surface area contributed by atoms with E-state index >= 15 is 0 Å². The van der Waals surface area contributed by atoms with Gasteiger partial charge in [-0.15, -0.1) is 0 Å². The molecule has 0 spiro atoms. The van der Waals surface area contributed by atoms with Crippen LogP contribution in [-0.4, -0.2) is 43.9 Å². The van der Waals surface area contributed by atoms with Gasteiger partial charge in [0, 0.05) is 35.9 Å². The number of para-hydroxylation sites is 1. The summed E-state index contributed by atoms with van der Waals surface area (Å²) < 4.78 is 27.5. The Morgan fingerprint density at radius 1 is 1.36 bits per heavy atom. The summed E-state index contributed by atoms with van der Waals surface area (Å²) in [5.41, 5.74) is 2.02. The van der Waals surface area contributed by atoms with Crippen molar-refractivity contribution in [3.63, 3.8) is 0 Å². The van der Waals surface area contributed by atoms with E-state index in [4.69, 9.17) is 4.74 Å². The molecule has 0 aliphatic heterocycles. The Morgan fingerprint density at radius 2 is 2.12 bits per heavy atom. The second-order valence-electron chi connectivity index (χ2n) is 5.41. The van der Waals surface area contributed by atoms with Gasteiger partial charge in [0.15, 0.2) is 9.84 Å². The van der Waals surface area contributed by atoms with Crippen molar-refractivity contribution in [3.8, 4) is 5.75 Å². The molecular formula is C17H21N3O4S. The molecule has 0 atom stereocenters. The van der Waals surface area contributed by atoms with Gasteiger partial charge in [-0.1, -0.05) is 24.3 Å². The molecule has 1 heterocycles. The van der Waals surface area contributed by atoms with E-state index in [-0.39, 0.29) is 18.1 Å². The van der Waals surface area contributed by atoms with Gasteiger partial charge in [-0.25, -0.2) is 8.42 Å². The highest BCUT2D eigenvalue weighted by atomic mass is 32.2. The monoisotopic (exact) mass is 363 g/mol. The number of carbonyl (C=O) groups excluding carboxylic acids is 1. The first kappa shape index (κ1) is 18.7. The van der Waals surface area contributed by atoms with E-state index in [1.54, 1.807) is 6.07 Å². The minimum Gasteiger partial charge on any atom is -0.494 e. The molecule has 1 aromatic heterocycles. The molecule has 7 nitrogen and oxygen atoms in total. The number of carbonyl (C=O) groups is 1. The fourth-order valence-electron chi connectivity index (χ4n) is 2.18. The van der Waals surface area contributed by atoms with Crippen LogP contribution in [0.5, 0.6) is 5.75 Å². The fraction of sp³-hybridized carbons (Fsp3) is 0.294. The molecule has 134 valence electrons. The number of hydrogen-bond donors (Lipinski definition) is 2. The van der Waals surface area contributed by atoms with Crippen LogP contribution in [0.25, 0.3) is 0 Å². The van der Waals surface area contributed by atoms with Crippen LogP contribution >= 0.6 is 0 Å². The number of benzene rings is 1. The molecule has 2 rings (SSSR count). The second-order valence-corrected chi connectivity index (χ2v) is 7.34. The van der Waals surface area contributed by atoms with Gasteiger partial charge in [0.2, 0.25) is 0 Å². The Morgan fingerprint density at radius 3 is 2.84 bits per heavy atom. The van der Waals surface area contributed by atoms with Crippen LogP contribution in [0.3, 0.4) is 0 Å². The standard InChI is InChI=1S/C17H21N3O4S/c1-3-24-16-8-5-4-7-13(16)11-14-12-15(20-19-14)17(21)18-9-6-10-25(2,22)23/h4-8,10,12H,3,9,11H2,1-2H3,(H,18,21)(H,19,20)/b10-6+. The van der Waals surface area contributed by atoms with Gasteiger partial charge in [-0.05, 0) is 19.1 Å². The molecule has 0 radical (unpaired) electrons. The summed E-state index contributed by atoms with van der Waals surface area (Å²) in [6.07, 6.45) is 3.02. The highest BCUT2D eigenvalue weighted by molar-refractivity contribution is 7.93. The summed E-state index contributed by atoms with van der Waals surface area (Å²) in [5.74, 6) is 0.426. The number of aromatic nitrogens is 2. The Bertz CT molecular complexity index is 856. The third kappa shape index (κ3) is 6.07. The van der Waals surface area contributed by atoms with Crippen molar-refractivity contribution in [1.29, 1.82) is 0 Å². The molecule has 8 heteroatoms. The highest BCUT2D eigenvalue weighted by Gasteiger charge is 2.11. The molecule has 25 heavy (non-hydrogen) atoms. The zero-order chi connectivity index (χ0) is 18.3. The molecule has 0 aliphatic carbocycles. The molecule has 1 aromatic carbocycles. The molecule has 1 amide bonds. The van der Waals surface area contributed by atoms with E-state index in [1.807, 2.05) is 31.2 Å². The molecule has 0 unspecified atom stereocenters. The summed E-state index contributed by atoms with van der Waals surface area (Å²) in [5, 5.41) is 10.5. The second kappa shape index (κ2) is 8.48. The summed E-state index contributed by atoms with van der Waals surface area (Å²) >= 11 is 0. The summed E-state index contributed by atoms with van der Waals surface area (Å²) in [6, 6.07) is 9.36. The van der Waals surface area contributed by atoms with E-state index in [2.05, 4.69) is 15.5 Å². The van der Waals surface area contributed by atoms with Gasteiger partial charge in [-0.3, -0.25) is 9.89 Å². The maximum atomic E-state index is 12.0. The Hall–Kier alpha value is -2.61. The predicted octanol–water partition coefficient (Wildman–Crippen LogP) is 1.69. The van der Waals surface area contributed by atoms with Gasteiger partial charge in [0.05, 0.1) is 6.61 Å². The number of hydrogen-bond acceptors (Lipinski definition) is 5. The highest BCUT2D eigenvalue weighted by Crippen LogP contribution is 2.20. The Balaban J connectivity index is 1.98. The van der Waals surface area contributed by atoms with Gasteiger partial charge in [0.25, 0.3) is 5.91 Å². The number of H-pyrrole nitrogens is 1. The number of amides is 1.